The normalized spacial score (nSPS) is 10.3. The molecule has 78 valence electrons. The summed E-state index contributed by atoms with van der Waals surface area (Å²) in [7, 11) is 1.86. The minimum absolute atomic E-state index is 0.818. The molecule has 0 radical (unpaired) electrons. The van der Waals surface area contributed by atoms with Gasteiger partial charge in [0.2, 0.25) is 0 Å². The number of aromatic nitrogens is 2. The standard InChI is InChI=1S/C12H15N3/c1-9-5-3-4-6-10(9)7-11-8-14-12(13-2)15-11/h3-6,8H,7H2,1-2H3,(H2,13,14,15). The molecule has 0 spiro atoms. The molecule has 0 fully saturated rings. The molecule has 0 aliphatic rings. The second-order valence-corrected chi connectivity index (χ2v) is 3.61. The lowest BCUT2D eigenvalue weighted by molar-refractivity contribution is 1.09. The number of rotatable bonds is 3. The first-order valence-corrected chi connectivity index (χ1v) is 5.05. The number of nitrogens with one attached hydrogen (secondary N) is 2. The highest BCUT2D eigenvalue weighted by atomic mass is 15.1. The molecule has 0 atom stereocenters. The van der Waals surface area contributed by atoms with E-state index in [9.17, 15) is 0 Å². The maximum Gasteiger partial charge on any atom is 0.200 e. The molecule has 0 bridgehead atoms. The van der Waals surface area contributed by atoms with Crippen molar-refractivity contribution in [2.24, 2.45) is 0 Å². The fourth-order valence-corrected chi connectivity index (χ4v) is 1.59. The number of anilines is 1. The van der Waals surface area contributed by atoms with Crippen molar-refractivity contribution in [3.05, 3.63) is 47.3 Å². The van der Waals surface area contributed by atoms with Gasteiger partial charge in [0, 0.05) is 19.2 Å². The topological polar surface area (TPSA) is 40.7 Å². The molecule has 0 aliphatic carbocycles. The van der Waals surface area contributed by atoms with Crippen molar-refractivity contribution in [2.75, 3.05) is 12.4 Å². The minimum atomic E-state index is 0.818. The van der Waals surface area contributed by atoms with Crippen LogP contribution in [0, 0.1) is 6.92 Å². The van der Waals surface area contributed by atoms with E-state index >= 15 is 0 Å². The van der Waals surface area contributed by atoms with Gasteiger partial charge in [0.25, 0.3) is 0 Å². The first kappa shape index (κ1) is 9.77. The molecule has 3 heteroatoms. The zero-order valence-corrected chi connectivity index (χ0v) is 9.04. The van der Waals surface area contributed by atoms with E-state index in [2.05, 4.69) is 46.5 Å². The van der Waals surface area contributed by atoms with Crippen molar-refractivity contribution in [1.29, 1.82) is 0 Å². The number of benzene rings is 1. The molecule has 2 N–H and O–H groups in total. The highest BCUT2D eigenvalue weighted by molar-refractivity contribution is 5.32. The Balaban J connectivity index is 2.18. The summed E-state index contributed by atoms with van der Waals surface area (Å²) in [5, 5.41) is 2.98. The smallest absolute Gasteiger partial charge is 0.200 e. The first-order chi connectivity index (χ1) is 7.29. The number of aryl methyl sites for hydroxylation is 1. The third kappa shape index (κ3) is 2.18. The van der Waals surface area contributed by atoms with E-state index in [0.29, 0.717) is 0 Å². The summed E-state index contributed by atoms with van der Waals surface area (Å²) in [6, 6.07) is 8.41. The van der Waals surface area contributed by atoms with E-state index in [-0.39, 0.29) is 0 Å². The summed E-state index contributed by atoms with van der Waals surface area (Å²) in [6.07, 6.45) is 2.78. The van der Waals surface area contributed by atoms with Gasteiger partial charge in [-0.15, -0.1) is 0 Å². The molecule has 0 aliphatic heterocycles. The van der Waals surface area contributed by atoms with Gasteiger partial charge in [-0.3, -0.25) is 0 Å². The number of H-pyrrole nitrogens is 1. The molecule has 2 rings (SSSR count). The SMILES string of the molecule is CNc1ncc(Cc2ccccc2C)[nH]1. The van der Waals surface area contributed by atoms with Gasteiger partial charge in [-0.2, -0.15) is 0 Å². The average molecular weight is 201 g/mol. The zero-order valence-electron chi connectivity index (χ0n) is 9.04. The van der Waals surface area contributed by atoms with Crippen LogP contribution in [0.4, 0.5) is 5.95 Å². The highest BCUT2D eigenvalue weighted by Gasteiger charge is 2.02. The van der Waals surface area contributed by atoms with Crippen LogP contribution in [0.15, 0.2) is 30.5 Å². The van der Waals surface area contributed by atoms with Crippen molar-refractivity contribution in [3.8, 4) is 0 Å². The lowest BCUT2D eigenvalue weighted by Crippen LogP contribution is -1.93. The summed E-state index contributed by atoms with van der Waals surface area (Å²) >= 11 is 0. The molecule has 1 heterocycles. The fraction of sp³-hybridized carbons (Fsp3) is 0.250. The molecule has 15 heavy (non-hydrogen) atoms. The van der Waals surface area contributed by atoms with Crippen molar-refractivity contribution in [2.45, 2.75) is 13.3 Å². The Hall–Kier alpha value is -1.77. The maximum absolute atomic E-state index is 4.19. The van der Waals surface area contributed by atoms with Crippen LogP contribution in [-0.4, -0.2) is 17.0 Å². The third-order valence-corrected chi connectivity index (χ3v) is 2.51. The molecule has 1 aromatic carbocycles. The van der Waals surface area contributed by atoms with Crippen LogP contribution in [0.1, 0.15) is 16.8 Å². The minimum Gasteiger partial charge on any atom is -0.359 e. The van der Waals surface area contributed by atoms with Gasteiger partial charge in [0.05, 0.1) is 6.20 Å². The molecule has 1 aromatic heterocycles. The molecule has 0 saturated heterocycles. The van der Waals surface area contributed by atoms with Crippen LogP contribution in [0.3, 0.4) is 0 Å². The summed E-state index contributed by atoms with van der Waals surface area (Å²) in [4.78, 5) is 7.41. The van der Waals surface area contributed by atoms with Crippen LogP contribution >= 0.6 is 0 Å². The number of nitrogens with zero attached hydrogens (tertiary/aromatic N) is 1. The number of aromatic amines is 1. The number of hydrogen-bond donors (Lipinski definition) is 2. The third-order valence-electron chi connectivity index (χ3n) is 2.51. The lowest BCUT2D eigenvalue weighted by Gasteiger charge is -2.02. The van der Waals surface area contributed by atoms with E-state index in [0.717, 1.165) is 18.1 Å². The van der Waals surface area contributed by atoms with E-state index in [1.54, 1.807) is 0 Å². The summed E-state index contributed by atoms with van der Waals surface area (Å²) in [6.45, 7) is 2.13. The second kappa shape index (κ2) is 4.17. The molecule has 3 nitrogen and oxygen atoms in total. The Morgan fingerprint density at radius 1 is 1.33 bits per heavy atom. The van der Waals surface area contributed by atoms with Gasteiger partial charge in [0.15, 0.2) is 5.95 Å². The van der Waals surface area contributed by atoms with Crippen LogP contribution in [0.5, 0.6) is 0 Å². The van der Waals surface area contributed by atoms with E-state index in [1.165, 1.54) is 11.1 Å². The summed E-state index contributed by atoms with van der Waals surface area (Å²) < 4.78 is 0. The van der Waals surface area contributed by atoms with Gasteiger partial charge < -0.3 is 10.3 Å². The highest BCUT2D eigenvalue weighted by Crippen LogP contribution is 2.12. The van der Waals surface area contributed by atoms with Crippen molar-refractivity contribution >= 4 is 5.95 Å². The van der Waals surface area contributed by atoms with Crippen LogP contribution in [0.2, 0.25) is 0 Å². The largest absolute Gasteiger partial charge is 0.359 e. The van der Waals surface area contributed by atoms with E-state index in [1.807, 2.05) is 13.2 Å². The summed E-state index contributed by atoms with van der Waals surface area (Å²) in [5.74, 6) is 0.818. The number of hydrogen-bond acceptors (Lipinski definition) is 2. The van der Waals surface area contributed by atoms with Crippen LogP contribution in [-0.2, 0) is 6.42 Å². The first-order valence-electron chi connectivity index (χ1n) is 5.05. The van der Waals surface area contributed by atoms with Crippen molar-refractivity contribution in [3.63, 3.8) is 0 Å². The quantitative estimate of drug-likeness (QED) is 0.800. The Bertz CT molecular complexity index is 446. The van der Waals surface area contributed by atoms with E-state index < -0.39 is 0 Å². The number of imidazole rings is 1. The van der Waals surface area contributed by atoms with Crippen LogP contribution < -0.4 is 5.32 Å². The average Bonchev–Trinajstić information content (AvgIpc) is 2.69. The van der Waals surface area contributed by atoms with Crippen LogP contribution in [0.25, 0.3) is 0 Å². The predicted octanol–water partition coefficient (Wildman–Crippen LogP) is 2.35. The van der Waals surface area contributed by atoms with Crippen molar-refractivity contribution in [1.82, 2.24) is 9.97 Å². The molecule has 0 amide bonds. The molecular weight excluding hydrogens is 186 g/mol. The van der Waals surface area contributed by atoms with Gasteiger partial charge in [-0.25, -0.2) is 4.98 Å². The Kier molecular flexibility index (Phi) is 2.72. The van der Waals surface area contributed by atoms with Gasteiger partial charge in [-0.1, -0.05) is 24.3 Å². The molecule has 2 aromatic rings. The van der Waals surface area contributed by atoms with Crippen molar-refractivity contribution < 1.29 is 0 Å². The predicted molar refractivity (Wildman–Crippen MR) is 62.1 cm³/mol. The molecule has 0 unspecified atom stereocenters. The second-order valence-electron chi connectivity index (χ2n) is 3.61. The van der Waals surface area contributed by atoms with Gasteiger partial charge >= 0.3 is 0 Å². The summed E-state index contributed by atoms with van der Waals surface area (Å²) in [5.41, 5.74) is 3.79. The molecule has 0 saturated carbocycles. The van der Waals surface area contributed by atoms with Gasteiger partial charge in [-0.05, 0) is 18.1 Å². The monoisotopic (exact) mass is 201 g/mol. The fourth-order valence-electron chi connectivity index (χ4n) is 1.59. The lowest BCUT2D eigenvalue weighted by atomic mass is 10.0. The Morgan fingerprint density at radius 2 is 2.13 bits per heavy atom. The maximum atomic E-state index is 4.19. The Morgan fingerprint density at radius 3 is 2.80 bits per heavy atom. The van der Waals surface area contributed by atoms with E-state index in [4.69, 9.17) is 0 Å². The Labute approximate surface area is 89.6 Å². The zero-order chi connectivity index (χ0) is 10.7. The molecular formula is C12H15N3. The van der Waals surface area contributed by atoms with Gasteiger partial charge in [0.1, 0.15) is 0 Å².